The van der Waals surface area contributed by atoms with Gasteiger partial charge in [0.05, 0.1) is 21.3 Å². The molecule has 2 aromatic heterocycles. The lowest BCUT2D eigenvalue weighted by atomic mass is 10.2. The Labute approximate surface area is 174 Å². The van der Waals surface area contributed by atoms with Gasteiger partial charge in [-0.25, -0.2) is 4.98 Å². The van der Waals surface area contributed by atoms with Crippen molar-refractivity contribution in [2.24, 2.45) is 5.73 Å². The molecule has 4 aromatic rings. The molecule has 0 atom stereocenters. The number of hydrogen-bond donors (Lipinski definition) is 2. The van der Waals surface area contributed by atoms with E-state index in [0.29, 0.717) is 35.4 Å². The van der Waals surface area contributed by atoms with Gasteiger partial charge in [0, 0.05) is 47.8 Å². The highest BCUT2D eigenvalue weighted by atomic mass is 16.5. The maximum Gasteiger partial charge on any atom is 0.229 e. The van der Waals surface area contributed by atoms with Crippen molar-refractivity contribution in [1.29, 1.82) is 0 Å². The van der Waals surface area contributed by atoms with Gasteiger partial charge in [0.2, 0.25) is 11.7 Å². The smallest absolute Gasteiger partial charge is 0.229 e. The van der Waals surface area contributed by atoms with E-state index in [2.05, 4.69) is 10.3 Å². The molecule has 2 heterocycles. The lowest BCUT2D eigenvalue weighted by Gasteiger charge is -2.14. The third-order valence-electron chi connectivity index (χ3n) is 4.77. The first-order chi connectivity index (χ1) is 14.7. The van der Waals surface area contributed by atoms with Gasteiger partial charge in [0.15, 0.2) is 11.5 Å². The van der Waals surface area contributed by atoms with E-state index >= 15 is 0 Å². The number of nitrogens with one attached hydrogen (secondary N) is 1. The van der Waals surface area contributed by atoms with Crippen LogP contribution in [-0.2, 0) is 6.54 Å². The van der Waals surface area contributed by atoms with Gasteiger partial charge in [-0.15, -0.1) is 0 Å². The molecule has 3 N–H and O–H groups in total. The molecule has 0 saturated carbocycles. The molecule has 8 heteroatoms. The Morgan fingerprint density at radius 3 is 2.43 bits per heavy atom. The van der Waals surface area contributed by atoms with Crippen LogP contribution < -0.4 is 25.3 Å². The molecule has 30 heavy (non-hydrogen) atoms. The van der Waals surface area contributed by atoms with Crippen LogP contribution in [0, 0.1) is 0 Å². The Morgan fingerprint density at radius 1 is 1.00 bits per heavy atom. The molecular weight excluding hydrogens is 382 g/mol. The minimum absolute atomic E-state index is 0.451. The van der Waals surface area contributed by atoms with Crippen LogP contribution >= 0.6 is 0 Å². The largest absolute Gasteiger partial charge is 0.493 e. The van der Waals surface area contributed by atoms with Crippen LogP contribution in [0.3, 0.4) is 0 Å². The molecule has 8 nitrogen and oxygen atoms in total. The molecule has 0 spiro atoms. The first-order valence-electron chi connectivity index (χ1n) is 9.37. The Kier molecular flexibility index (Phi) is 5.40. The quantitative estimate of drug-likeness (QED) is 0.484. The van der Waals surface area contributed by atoms with Crippen molar-refractivity contribution in [3.05, 3.63) is 60.4 Å². The van der Waals surface area contributed by atoms with Crippen LogP contribution in [0.1, 0.15) is 5.56 Å². The zero-order valence-electron chi connectivity index (χ0n) is 17.0. The van der Waals surface area contributed by atoms with Crippen molar-refractivity contribution in [2.75, 3.05) is 26.6 Å². The number of fused-ring (bicyclic) bond motifs is 1. The average molecular weight is 405 g/mol. The van der Waals surface area contributed by atoms with E-state index in [1.165, 1.54) is 0 Å². The minimum atomic E-state index is 0.451. The van der Waals surface area contributed by atoms with E-state index in [9.17, 15) is 0 Å². The van der Waals surface area contributed by atoms with E-state index < -0.39 is 0 Å². The summed E-state index contributed by atoms with van der Waals surface area (Å²) in [5.74, 6) is 2.06. The average Bonchev–Trinajstić information content (AvgIpc) is 3.21. The summed E-state index contributed by atoms with van der Waals surface area (Å²) in [6.07, 6.45) is 3.75. The molecule has 0 aliphatic rings. The molecular formula is C22H23N5O3. The molecule has 154 valence electrons. The fraction of sp³-hybridized carbons (Fsp3) is 0.182. The van der Waals surface area contributed by atoms with Crippen LogP contribution in [0.2, 0.25) is 0 Å². The Hall–Kier alpha value is -3.78. The van der Waals surface area contributed by atoms with E-state index in [1.54, 1.807) is 39.7 Å². The second-order valence-electron chi connectivity index (χ2n) is 6.57. The standard InChI is InChI=1S/C22H23N5O3/c1-28-18-10-16(11-19(29-2)20(18)30-3)25-22-24-13-15-7-8-27(21(15)26-22)17-6-4-5-14(9-17)12-23/h4-11,13H,12,23H2,1-3H3,(H,24,25,26). The molecule has 4 rings (SSSR count). The number of aromatic nitrogens is 3. The molecule has 0 unspecified atom stereocenters. The maximum absolute atomic E-state index is 5.79. The number of hydrogen-bond acceptors (Lipinski definition) is 7. The van der Waals surface area contributed by atoms with Crippen molar-refractivity contribution in [3.63, 3.8) is 0 Å². The Bertz CT molecular complexity index is 1160. The van der Waals surface area contributed by atoms with Crippen LogP contribution in [-0.4, -0.2) is 35.9 Å². The second-order valence-corrected chi connectivity index (χ2v) is 6.57. The van der Waals surface area contributed by atoms with Crippen molar-refractivity contribution in [1.82, 2.24) is 14.5 Å². The summed E-state index contributed by atoms with van der Waals surface area (Å²) in [4.78, 5) is 9.14. The topological polar surface area (TPSA) is 96.5 Å². The summed E-state index contributed by atoms with van der Waals surface area (Å²) < 4.78 is 18.2. The van der Waals surface area contributed by atoms with Crippen LogP contribution in [0.15, 0.2) is 54.9 Å². The number of nitrogens with zero attached hydrogens (tertiary/aromatic N) is 3. The SMILES string of the molecule is COc1cc(Nc2ncc3ccn(-c4cccc(CN)c4)c3n2)cc(OC)c1OC. The molecule has 0 aliphatic carbocycles. The zero-order valence-corrected chi connectivity index (χ0v) is 17.0. The van der Waals surface area contributed by atoms with Gasteiger partial charge in [-0.3, -0.25) is 0 Å². The van der Waals surface area contributed by atoms with Crippen LogP contribution in [0.5, 0.6) is 17.2 Å². The Balaban J connectivity index is 1.72. The van der Waals surface area contributed by atoms with E-state index in [-0.39, 0.29) is 0 Å². The predicted molar refractivity (Wildman–Crippen MR) is 116 cm³/mol. The van der Waals surface area contributed by atoms with Gasteiger partial charge in [-0.1, -0.05) is 12.1 Å². The summed E-state index contributed by atoms with van der Waals surface area (Å²) in [7, 11) is 4.72. The van der Waals surface area contributed by atoms with Crippen molar-refractivity contribution in [2.45, 2.75) is 6.54 Å². The van der Waals surface area contributed by atoms with Gasteiger partial charge < -0.3 is 29.8 Å². The van der Waals surface area contributed by atoms with Crippen LogP contribution in [0.4, 0.5) is 11.6 Å². The summed E-state index contributed by atoms with van der Waals surface area (Å²) >= 11 is 0. The minimum Gasteiger partial charge on any atom is -0.493 e. The fourth-order valence-electron chi connectivity index (χ4n) is 3.30. The van der Waals surface area contributed by atoms with Crippen molar-refractivity contribution >= 4 is 22.7 Å². The molecule has 0 saturated heterocycles. The molecule has 0 bridgehead atoms. The fourth-order valence-corrected chi connectivity index (χ4v) is 3.30. The molecule has 0 amide bonds. The van der Waals surface area contributed by atoms with Gasteiger partial charge in [0.1, 0.15) is 5.65 Å². The third kappa shape index (κ3) is 3.60. The number of ether oxygens (including phenoxy) is 3. The zero-order chi connectivity index (χ0) is 21.1. The summed E-state index contributed by atoms with van der Waals surface area (Å²) in [5.41, 5.74) is 9.34. The molecule has 0 aliphatic heterocycles. The van der Waals surface area contributed by atoms with Gasteiger partial charge in [0.25, 0.3) is 0 Å². The maximum atomic E-state index is 5.79. The lowest BCUT2D eigenvalue weighted by Crippen LogP contribution is -2.02. The van der Waals surface area contributed by atoms with Gasteiger partial charge in [-0.2, -0.15) is 4.98 Å². The predicted octanol–water partition coefficient (Wildman–Crippen LogP) is 3.65. The monoisotopic (exact) mass is 405 g/mol. The number of rotatable bonds is 7. The highest BCUT2D eigenvalue weighted by Gasteiger charge is 2.14. The number of benzene rings is 2. The lowest BCUT2D eigenvalue weighted by molar-refractivity contribution is 0.324. The Morgan fingerprint density at radius 2 is 1.77 bits per heavy atom. The number of anilines is 2. The van der Waals surface area contributed by atoms with E-state index in [0.717, 1.165) is 22.3 Å². The summed E-state index contributed by atoms with van der Waals surface area (Å²) in [6, 6.07) is 13.6. The first kappa shape index (κ1) is 19.5. The van der Waals surface area contributed by atoms with Crippen molar-refractivity contribution in [3.8, 4) is 22.9 Å². The van der Waals surface area contributed by atoms with Gasteiger partial charge >= 0.3 is 0 Å². The number of nitrogens with two attached hydrogens (primary N) is 1. The van der Waals surface area contributed by atoms with E-state index in [4.69, 9.17) is 24.9 Å². The second kappa shape index (κ2) is 8.30. The number of methoxy groups -OCH3 is 3. The van der Waals surface area contributed by atoms with Gasteiger partial charge in [-0.05, 0) is 23.8 Å². The normalized spacial score (nSPS) is 10.8. The third-order valence-corrected chi connectivity index (χ3v) is 4.77. The van der Waals surface area contributed by atoms with Crippen LogP contribution in [0.25, 0.3) is 16.7 Å². The van der Waals surface area contributed by atoms with Crippen molar-refractivity contribution < 1.29 is 14.2 Å². The summed E-state index contributed by atoms with van der Waals surface area (Å²) in [5, 5.41) is 4.15. The summed E-state index contributed by atoms with van der Waals surface area (Å²) in [6.45, 7) is 0.482. The highest BCUT2D eigenvalue weighted by Crippen LogP contribution is 2.40. The highest BCUT2D eigenvalue weighted by molar-refractivity contribution is 5.79. The molecule has 2 aromatic carbocycles. The molecule has 0 radical (unpaired) electrons. The van der Waals surface area contributed by atoms with E-state index in [1.807, 2.05) is 41.1 Å². The first-order valence-corrected chi connectivity index (χ1v) is 9.37. The molecule has 0 fully saturated rings.